The topological polar surface area (TPSA) is 38.9 Å². The normalized spacial score (nSPS) is 19.5. The molecule has 13 heavy (non-hydrogen) atoms. The second-order valence-electron chi connectivity index (χ2n) is 3.62. The summed E-state index contributed by atoms with van der Waals surface area (Å²) in [5.74, 6) is 0.654. The maximum absolute atomic E-state index is 6.09. The van der Waals surface area contributed by atoms with Crippen molar-refractivity contribution in [3.8, 4) is 0 Å². The molecule has 1 fully saturated rings. The van der Waals surface area contributed by atoms with E-state index in [4.69, 9.17) is 5.73 Å². The van der Waals surface area contributed by atoms with Crippen molar-refractivity contribution in [2.24, 2.45) is 11.7 Å². The van der Waals surface area contributed by atoms with Crippen LogP contribution in [0.15, 0.2) is 22.8 Å². The molecule has 0 unspecified atom stereocenters. The van der Waals surface area contributed by atoms with Gasteiger partial charge in [-0.25, -0.2) is 0 Å². The first kappa shape index (κ1) is 9.16. The minimum absolute atomic E-state index is 0.131. The predicted octanol–water partition coefficient (Wildman–Crippen LogP) is 2.64. The molecule has 1 atom stereocenters. The predicted molar refractivity (Wildman–Crippen MR) is 56.2 cm³/mol. The molecule has 1 aromatic heterocycles. The van der Waals surface area contributed by atoms with E-state index < -0.39 is 0 Å². The van der Waals surface area contributed by atoms with Gasteiger partial charge in [-0.05, 0) is 30.9 Å². The fourth-order valence-corrected chi connectivity index (χ4v) is 2.00. The van der Waals surface area contributed by atoms with Crippen molar-refractivity contribution in [2.75, 3.05) is 0 Å². The molecule has 70 valence electrons. The van der Waals surface area contributed by atoms with Crippen LogP contribution in [0, 0.1) is 5.92 Å². The third kappa shape index (κ3) is 1.92. The van der Waals surface area contributed by atoms with E-state index in [0.29, 0.717) is 5.92 Å². The molecule has 1 saturated carbocycles. The zero-order valence-electron chi connectivity index (χ0n) is 7.41. The van der Waals surface area contributed by atoms with Crippen LogP contribution < -0.4 is 5.73 Å². The van der Waals surface area contributed by atoms with Gasteiger partial charge in [0.05, 0.1) is 5.69 Å². The maximum atomic E-state index is 6.09. The van der Waals surface area contributed by atoms with E-state index in [2.05, 4.69) is 20.9 Å². The number of hydrogen-bond acceptors (Lipinski definition) is 2. The Kier molecular flexibility index (Phi) is 2.65. The zero-order chi connectivity index (χ0) is 9.26. The van der Waals surface area contributed by atoms with Crippen molar-refractivity contribution in [1.29, 1.82) is 0 Å². The molecule has 3 heteroatoms. The SMILES string of the molecule is N[C@@H](c1cc(Br)ccn1)C1CCC1. The molecule has 0 radical (unpaired) electrons. The molecule has 1 heterocycles. The van der Waals surface area contributed by atoms with Crippen molar-refractivity contribution in [3.63, 3.8) is 0 Å². The van der Waals surface area contributed by atoms with Crippen molar-refractivity contribution >= 4 is 15.9 Å². The molecule has 2 N–H and O–H groups in total. The molecule has 0 aromatic carbocycles. The summed E-state index contributed by atoms with van der Waals surface area (Å²) in [6, 6.07) is 4.08. The van der Waals surface area contributed by atoms with Gasteiger partial charge in [0.1, 0.15) is 0 Å². The van der Waals surface area contributed by atoms with Crippen LogP contribution in [-0.4, -0.2) is 4.98 Å². The highest BCUT2D eigenvalue weighted by Crippen LogP contribution is 2.35. The van der Waals surface area contributed by atoms with Gasteiger partial charge in [0, 0.05) is 16.7 Å². The average molecular weight is 241 g/mol. The van der Waals surface area contributed by atoms with Crippen LogP contribution in [0.2, 0.25) is 0 Å². The highest BCUT2D eigenvalue weighted by molar-refractivity contribution is 9.10. The fraction of sp³-hybridized carbons (Fsp3) is 0.500. The van der Waals surface area contributed by atoms with Gasteiger partial charge in [-0.3, -0.25) is 4.98 Å². The Labute approximate surface area is 86.7 Å². The third-order valence-electron chi connectivity index (χ3n) is 2.74. The van der Waals surface area contributed by atoms with Crippen molar-refractivity contribution in [2.45, 2.75) is 25.3 Å². The number of halogens is 1. The Morgan fingerprint density at radius 2 is 2.31 bits per heavy atom. The van der Waals surface area contributed by atoms with E-state index in [0.717, 1.165) is 10.2 Å². The first-order valence-corrected chi connectivity index (χ1v) is 5.43. The first-order chi connectivity index (χ1) is 6.27. The highest BCUT2D eigenvalue weighted by atomic mass is 79.9. The molecular formula is C10H13BrN2. The Morgan fingerprint density at radius 1 is 1.54 bits per heavy atom. The van der Waals surface area contributed by atoms with E-state index >= 15 is 0 Å². The Morgan fingerprint density at radius 3 is 2.85 bits per heavy atom. The minimum Gasteiger partial charge on any atom is -0.322 e. The Hall–Kier alpha value is -0.410. The first-order valence-electron chi connectivity index (χ1n) is 4.64. The van der Waals surface area contributed by atoms with E-state index in [1.165, 1.54) is 19.3 Å². The Balaban J connectivity index is 2.14. The lowest BCUT2D eigenvalue weighted by Gasteiger charge is -2.30. The fourth-order valence-electron chi connectivity index (χ4n) is 1.64. The van der Waals surface area contributed by atoms with E-state index in [1.54, 1.807) is 6.20 Å². The van der Waals surface area contributed by atoms with Gasteiger partial charge in [-0.2, -0.15) is 0 Å². The van der Waals surface area contributed by atoms with E-state index in [-0.39, 0.29) is 6.04 Å². The molecule has 0 saturated heterocycles. The molecule has 0 spiro atoms. The van der Waals surface area contributed by atoms with Gasteiger partial charge in [0.25, 0.3) is 0 Å². The number of hydrogen-bond donors (Lipinski definition) is 1. The monoisotopic (exact) mass is 240 g/mol. The van der Waals surface area contributed by atoms with Crippen molar-refractivity contribution in [1.82, 2.24) is 4.98 Å². The van der Waals surface area contributed by atoms with E-state index in [1.807, 2.05) is 12.1 Å². The highest BCUT2D eigenvalue weighted by Gasteiger charge is 2.26. The number of aromatic nitrogens is 1. The van der Waals surface area contributed by atoms with Crippen LogP contribution in [-0.2, 0) is 0 Å². The summed E-state index contributed by atoms with van der Waals surface area (Å²) in [5.41, 5.74) is 7.10. The quantitative estimate of drug-likeness (QED) is 0.864. The standard InChI is InChI=1S/C10H13BrN2/c11-8-4-5-13-9(6-8)10(12)7-2-1-3-7/h4-7,10H,1-3,12H2/t10-/m1/s1. The molecule has 1 aliphatic rings. The van der Waals surface area contributed by atoms with Crippen LogP contribution in [0.25, 0.3) is 0 Å². The van der Waals surface area contributed by atoms with Crippen LogP contribution in [0.4, 0.5) is 0 Å². The van der Waals surface area contributed by atoms with Gasteiger partial charge in [-0.15, -0.1) is 0 Å². The molecule has 2 nitrogen and oxygen atoms in total. The van der Waals surface area contributed by atoms with Gasteiger partial charge in [0.15, 0.2) is 0 Å². The number of pyridine rings is 1. The summed E-state index contributed by atoms with van der Waals surface area (Å²) in [4.78, 5) is 4.29. The molecule has 0 bridgehead atoms. The lowest BCUT2D eigenvalue weighted by Crippen LogP contribution is -2.27. The molecular weight excluding hydrogens is 228 g/mol. The summed E-state index contributed by atoms with van der Waals surface area (Å²) in [5, 5.41) is 0. The summed E-state index contributed by atoms with van der Waals surface area (Å²) in [6.45, 7) is 0. The second kappa shape index (κ2) is 3.76. The summed E-state index contributed by atoms with van der Waals surface area (Å²) in [7, 11) is 0. The second-order valence-corrected chi connectivity index (χ2v) is 4.53. The number of nitrogens with zero attached hydrogens (tertiary/aromatic N) is 1. The van der Waals surface area contributed by atoms with Crippen LogP contribution in [0.3, 0.4) is 0 Å². The lowest BCUT2D eigenvalue weighted by atomic mass is 9.79. The van der Waals surface area contributed by atoms with Crippen LogP contribution in [0.1, 0.15) is 31.0 Å². The van der Waals surface area contributed by atoms with Gasteiger partial charge < -0.3 is 5.73 Å². The largest absolute Gasteiger partial charge is 0.322 e. The van der Waals surface area contributed by atoms with E-state index in [9.17, 15) is 0 Å². The molecule has 0 amide bonds. The summed E-state index contributed by atoms with van der Waals surface area (Å²) < 4.78 is 1.06. The average Bonchev–Trinajstić information content (AvgIpc) is 2.01. The number of nitrogens with two attached hydrogens (primary N) is 1. The van der Waals surface area contributed by atoms with Crippen LogP contribution in [0.5, 0.6) is 0 Å². The molecule has 1 aliphatic carbocycles. The Bertz CT molecular complexity index is 297. The van der Waals surface area contributed by atoms with Crippen LogP contribution >= 0.6 is 15.9 Å². The lowest BCUT2D eigenvalue weighted by molar-refractivity contribution is 0.261. The molecule has 0 aliphatic heterocycles. The third-order valence-corrected chi connectivity index (χ3v) is 3.24. The number of rotatable bonds is 2. The minimum atomic E-state index is 0.131. The van der Waals surface area contributed by atoms with Gasteiger partial charge >= 0.3 is 0 Å². The zero-order valence-corrected chi connectivity index (χ0v) is 9.00. The van der Waals surface area contributed by atoms with Gasteiger partial charge in [-0.1, -0.05) is 22.4 Å². The maximum Gasteiger partial charge on any atom is 0.0585 e. The van der Waals surface area contributed by atoms with Crippen molar-refractivity contribution < 1.29 is 0 Å². The molecule has 1 aromatic rings. The summed E-state index contributed by atoms with van der Waals surface area (Å²) in [6.07, 6.45) is 5.65. The molecule has 2 rings (SSSR count). The summed E-state index contributed by atoms with van der Waals surface area (Å²) >= 11 is 3.42. The van der Waals surface area contributed by atoms with Crippen molar-refractivity contribution in [3.05, 3.63) is 28.5 Å². The van der Waals surface area contributed by atoms with Gasteiger partial charge in [0.2, 0.25) is 0 Å². The smallest absolute Gasteiger partial charge is 0.0585 e.